The molecule has 1 aromatic carbocycles. The summed E-state index contributed by atoms with van der Waals surface area (Å²) in [6.45, 7) is 6.50. The normalized spacial score (nSPS) is 23.2. The molecule has 0 radical (unpaired) electrons. The maximum absolute atomic E-state index is 11.2. The van der Waals surface area contributed by atoms with Crippen LogP contribution in [0.4, 0.5) is 0 Å². The molecule has 2 rings (SSSR count). The van der Waals surface area contributed by atoms with Crippen molar-refractivity contribution in [2.45, 2.75) is 45.2 Å². The van der Waals surface area contributed by atoms with Crippen LogP contribution in [0, 0.1) is 0 Å². The van der Waals surface area contributed by atoms with Crippen LogP contribution in [0.3, 0.4) is 0 Å². The lowest BCUT2D eigenvalue weighted by Gasteiger charge is -2.34. The second kappa shape index (κ2) is 8.49. The van der Waals surface area contributed by atoms with Gasteiger partial charge < -0.3 is 18.9 Å². The Balaban J connectivity index is 2.00. The lowest BCUT2D eigenvalue weighted by molar-refractivity contribution is -0.201. The molecule has 1 fully saturated rings. The van der Waals surface area contributed by atoms with E-state index < -0.39 is 6.29 Å². The zero-order valence-corrected chi connectivity index (χ0v) is 13.9. The molecule has 1 aromatic rings. The first-order chi connectivity index (χ1) is 11.5. The molecule has 1 aliphatic heterocycles. The van der Waals surface area contributed by atoms with E-state index in [0.717, 1.165) is 5.56 Å². The zero-order valence-electron chi connectivity index (χ0n) is 13.9. The molecule has 1 saturated heterocycles. The van der Waals surface area contributed by atoms with Crippen LogP contribution in [0.15, 0.2) is 30.8 Å². The fourth-order valence-corrected chi connectivity index (χ4v) is 2.49. The molecular formula is C18H22O6. The van der Waals surface area contributed by atoms with Gasteiger partial charge in [-0.2, -0.15) is 0 Å². The molecule has 0 spiro atoms. The third kappa shape index (κ3) is 5.70. The van der Waals surface area contributed by atoms with E-state index in [1.807, 2.05) is 24.3 Å². The van der Waals surface area contributed by atoms with Gasteiger partial charge in [0, 0.05) is 26.7 Å². The summed E-state index contributed by atoms with van der Waals surface area (Å²) in [6.07, 6.45) is 1.31. The van der Waals surface area contributed by atoms with Gasteiger partial charge in [0.25, 0.3) is 0 Å². The number of ether oxygens (including phenoxy) is 4. The number of esters is 2. The van der Waals surface area contributed by atoms with Crippen LogP contribution in [0.5, 0.6) is 5.75 Å². The Kier molecular flexibility index (Phi) is 6.37. The Hall–Kier alpha value is -2.34. The lowest BCUT2D eigenvalue weighted by atomic mass is 10.1. The van der Waals surface area contributed by atoms with Crippen LogP contribution >= 0.6 is 0 Å². The molecular weight excluding hydrogens is 312 g/mol. The highest BCUT2D eigenvalue weighted by molar-refractivity contribution is 5.66. The van der Waals surface area contributed by atoms with Crippen molar-refractivity contribution >= 4 is 18.0 Å². The van der Waals surface area contributed by atoms with Crippen LogP contribution in [0.1, 0.15) is 32.3 Å². The smallest absolute Gasteiger partial charge is 0.302 e. The van der Waals surface area contributed by atoms with Crippen LogP contribution in [0.2, 0.25) is 0 Å². The van der Waals surface area contributed by atoms with Gasteiger partial charge >= 0.3 is 11.9 Å². The molecule has 6 nitrogen and oxygen atoms in total. The molecule has 0 bridgehead atoms. The number of rotatable bonds is 6. The maximum atomic E-state index is 11.2. The van der Waals surface area contributed by atoms with Crippen LogP contribution in [-0.4, -0.2) is 37.0 Å². The highest BCUT2D eigenvalue weighted by Gasteiger charge is 2.33. The predicted octanol–water partition coefficient (Wildman–Crippen LogP) is 2.71. The lowest BCUT2D eigenvalue weighted by Crippen LogP contribution is -2.42. The molecule has 0 saturated carbocycles. The minimum Gasteiger partial charge on any atom is -0.465 e. The molecule has 24 heavy (non-hydrogen) atoms. The topological polar surface area (TPSA) is 71.1 Å². The molecule has 0 amide bonds. The van der Waals surface area contributed by atoms with Crippen LogP contribution in [0.25, 0.3) is 6.08 Å². The number of hydrogen-bond acceptors (Lipinski definition) is 6. The van der Waals surface area contributed by atoms with Crippen LogP contribution in [-0.2, 0) is 23.8 Å². The van der Waals surface area contributed by atoms with E-state index in [-0.39, 0.29) is 30.8 Å². The van der Waals surface area contributed by atoms with E-state index in [2.05, 4.69) is 6.58 Å². The number of carbonyl (C=O) groups excluding carboxylic acids is 2. The van der Waals surface area contributed by atoms with Gasteiger partial charge in [-0.25, -0.2) is 0 Å². The molecule has 1 heterocycles. The summed E-state index contributed by atoms with van der Waals surface area (Å²) in [4.78, 5) is 22.2. The molecule has 0 aliphatic carbocycles. The van der Waals surface area contributed by atoms with Crippen molar-refractivity contribution < 1.29 is 28.5 Å². The summed E-state index contributed by atoms with van der Waals surface area (Å²) in [7, 11) is 0. The van der Waals surface area contributed by atoms with Crippen molar-refractivity contribution in [2.75, 3.05) is 6.61 Å². The Morgan fingerprint density at radius 1 is 1.21 bits per heavy atom. The third-order valence-electron chi connectivity index (χ3n) is 3.51. The number of hydrogen-bond donors (Lipinski definition) is 0. The molecule has 3 atom stereocenters. The van der Waals surface area contributed by atoms with Crippen molar-refractivity contribution in [3.05, 3.63) is 36.4 Å². The second-order valence-corrected chi connectivity index (χ2v) is 5.58. The van der Waals surface area contributed by atoms with E-state index in [9.17, 15) is 9.59 Å². The molecule has 6 heteroatoms. The Morgan fingerprint density at radius 2 is 1.92 bits per heavy atom. The van der Waals surface area contributed by atoms with E-state index in [0.29, 0.717) is 18.6 Å². The summed E-state index contributed by atoms with van der Waals surface area (Å²) in [5.41, 5.74) is 0.984. The highest BCUT2D eigenvalue weighted by Crippen LogP contribution is 2.25. The Morgan fingerprint density at radius 3 is 2.50 bits per heavy atom. The monoisotopic (exact) mass is 334 g/mol. The van der Waals surface area contributed by atoms with Gasteiger partial charge in [-0.3, -0.25) is 9.59 Å². The van der Waals surface area contributed by atoms with Crippen molar-refractivity contribution in [1.29, 1.82) is 0 Å². The number of benzene rings is 1. The quantitative estimate of drug-likeness (QED) is 0.745. The predicted molar refractivity (Wildman–Crippen MR) is 87.2 cm³/mol. The van der Waals surface area contributed by atoms with Crippen molar-refractivity contribution in [3.63, 3.8) is 0 Å². The number of carbonyl (C=O) groups is 2. The summed E-state index contributed by atoms with van der Waals surface area (Å²) in [5.74, 6) is -0.103. The summed E-state index contributed by atoms with van der Waals surface area (Å²) in [6, 6.07) is 7.39. The van der Waals surface area contributed by atoms with Crippen molar-refractivity contribution in [2.24, 2.45) is 0 Å². The molecule has 1 unspecified atom stereocenters. The zero-order chi connectivity index (χ0) is 17.5. The highest BCUT2D eigenvalue weighted by atomic mass is 16.7. The SMILES string of the molecule is C=Cc1ccc(OC2C[C@@H](OC(C)=O)C[C@@H](COC(C)=O)O2)cc1. The van der Waals surface area contributed by atoms with Gasteiger partial charge in [-0.05, 0) is 17.7 Å². The molecule has 1 aliphatic rings. The van der Waals surface area contributed by atoms with Gasteiger partial charge in [0.1, 0.15) is 18.5 Å². The fraction of sp³-hybridized carbons (Fsp3) is 0.444. The third-order valence-corrected chi connectivity index (χ3v) is 3.51. The van der Waals surface area contributed by atoms with Crippen molar-refractivity contribution in [3.8, 4) is 5.75 Å². The van der Waals surface area contributed by atoms with Crippen molar-refractivity contribution in [1.82, 2.24) is 0 Å². The van der Waals surface area contributed by atoms with Gasteiger partial charge in [0.2, 0.25) is 6.29 Å². The average molecular weight is 334 g/mol. The van der Waals surface area contributed by atoms with E-state index in [1.165, 1.54) is 13.8 Å². The summed E-state index contributed by atoms with van der Waals surface area (Å²) < 4.78 is 21.9. The second-order valence-electron chi connectivity index (χ2n) is 5.58. The van der Waals surface area contributed by atoms with E-state index in [1.54, 1.807) is 6.08 Å². The van der Waals surface area contributed by atoms with Gasteiger partial charge in [0.15, 0.2) is 0 Å². The molecule has 0 aromatic heterocycles. The first-order valence-electron chi connectivity index (χ1n) is 7.81. The summed E-state index contributed by atoms with van der Waals surface area (Å²) in [5, 5.41) is 0. The minimum atomic E-state index is -0.585. The standard InChI is InChI=1S/C18H22O6/c1-4-14-5-7-15(8-6-14)23-18-10-16(22-13(3)20)9-17(24-18)11-21-12(2)19/h4-8,16-18H,1,9-11H2,2-3H3/t16-,17-,18?/m0/s1. The maximum Gasteiger partial charge on any atom is 0.302 e. The Labute approximate surface area is 141 Å². The largest absolute Gasteiger partial charge is 0.465 e. The first kappa shape index (κ1) is 18.0. The Bertz CT molecular complexity index is 580. The summed E-state index contributed by atoms with van der Waals surface area (Å²) >= 11 is 0. The van der Waals surface area contributed by atoms with Gasteiger partial charge in [-0.15, -0.1) is 0 Å². The van der Waals surface area contributed by atoms with E-state index in [4.69, 9.17) is 18.9 Å². The average Bonchev–Trinajstić information content (AvgIpc) is 2.53. The molecule has 130 valence electrons. The first-order valence-corrected chi connectivity index (χ1v) is 7.81. The van der Waals surface area contributed by atoms with Crippen LogP contribution < -0.4 is 4.74 Å². The molecule has 0 N–H and O–H groups in total. The van der Waals surface area contributed by atoms with Gasteiger partial charge in [0.05, 0.1) is 6.10 Å². The minimum absolute atomic E-state index is 0.0996. The van der Waals surface area contributed by atoms with Gasteiger partial charge in [-0.1, -0.05) is 24.8 Å². The van der Waals surface area contributed by atoms with E-state index >= 15 is 0 Å². The fourth-order valence-electron chi connectivity index (χ4n) is 2.49.